The quantitative estimate of drug-likeness (QED) is 0.795. The normalized spacial score (nSPS) is 29.1. The second-order valence-corrected chi connectivity index (χ2v) is 6.84. The van der Waals surface area contributed by atoms with Gasteiger partial charge in [0.15, 0.2) is 0 Å². The summed E-state index contributed by atoms with van der Waals surface area (Å²) >= 11 is 0. The van der Waals surface area contributed by atoms with Crippen molar-refractivity contribution < 1.29 is 9.53 Å². The van der Waals surface area contributed by atoms with Crippen LogP contribution in [0.25, 0.3) is 0 Å². The Balaban J connectivity index is 2.00. The Morgan fingerprint density at radius 3 is 2.63 bits per heavy atom. The summed E-state index contributed by atoms with van der Waals surface area (Å²) in [5.41, 5.74) is -0.399. The minimum atomic E-state index is -0.399. The lowest BCUT2D eigenvalue weighted by Gasteiger charge is -2.42. The van der Waals surface area contributed by atoms with Gasteiger partial charge in [0.25, 0.3) is 0 Å². The Kier molecular flexibility index (Phi) is 4.71. The Morgan fingerprint density at radius 2 is 2.00 bits per heavy atom. The average Bonchev–Trinajstić information content (AvgIpc) is 2.38. The first kappa shape index (κ1) is 14.6. The van der Waals surface area contributed by atoms with Gasteiger partial charge in [-0.3, -0.25) is 0 Å². The number of likely N-dealkylation sites (tertiary alicyclic amines) is 1. The van der Waals surface area contributed by atoms with E-state index < -0.39 is 5.60 Å². The molecule has 0 aromatic heterocycles. The molecule has 2 fully saturated rings. The van der Waals surface area contributed by atoms with E-state index in [0.29, 0.717) is 12.0 Å². The lowest BCUT2D eigenvalue weighted by Crippen LogP contribution is -2.52. The first-order valence-corrected chi connectivity index (χ1v) is 7.68. The topological polar surface area (TPSA) is 41.6 Å². The van der Waals surface area contributed by atoms with Crippen molar-refractivity contribution in [3.8, 4) is 0 Å². The number of piperidine rings is 2. The van der Waals surface area contributed by atoms with Crippen molar-refractivity contribution in [1.82, 2.24) is 10.2 Å². The molecule has 2 atom stereocenters. The van der Waals surface area contributed by atoms with Gasteiger partial charge in [0.2, 0.25) is 0 Å². The average molecular weight is 268 g/mol. The smallest absolute Gasteiger partial charge is 0.410 e. The van der Waals surface area contributed by atoms with Crippen molar-refractivity contribution in [3.63, 3.8) is 0 Å². The molecule has 110 valence electrons. The van der Waals surface area contributed by atoms with E-state index in [0.717, 1.165) is 32.5 Å². The second-order valence-electron chi connectivity index (χ2n) is 6.84. The third-order valence-electron chi connectivity index (χ3n) is 4.06. The summed E-state index contributed by atoms with van der Waals surface area (Å²) in [6.45, 7) is 8.83. The fourth-order valence-electron chi connectivity index (χ4n) is 3.20. The molecule has 0 spiro atoms. The van der Waals surface area contributed by atoms with Crippen LogP contribution >= 0.6 is 0 Å². The van der Waals surface area contributed by atoms with Crippen molar-refractivity contribution >= 4 is 6.09 Å². The molecule has 2 aliphatic heterocycles. The number of carbonyl (C=O) groups excluding carboxylic acids is 1. The monoisotopic (exact) mass is 268 g/mol. The van der Waals surface area contributed by atoms with Crippen LogP contribution in [0.15, 0.2) is 0 Å². The molecule has 2 rings (SSSR count). The van der Waals surface area contributed by atoms with E-state index in [-0.39, 0.29) is 6.09 Å². The van der Waals surface area contributed by atoms with Crippen molar-refractivity contribution in [1.29, 1.82) is 0 Å². The maximum absolute atomic E-state index is 12.4. The molecule has 0 saturated carbocycles. The van der Waals surface area contributed by atoms with Crippen LogP contribution < -0.4 is 5.32 Å². The Bertz CT molecular complexity index is 306. The molecule has 0 aromatic carbocycles. The van der Waals surface area contributed by atoms with Crippen molar-refractivity contribution in [2.24, 2.45) is 5.92 Å². The summed E-state index contributed by atoms with van der Waals surface area (Å²) in [5.74, 6) is 0.599. The SMILES string of the molecule is CC(C)(C)OC(=O)N1CCCC[C@H]1[C@H]1CCCNC1. The fraction of sp³-hybridized carbons (Fsp3) is 0.933. The second kappa shape index (κ2) is 6.12. The molecule has 2 heterocycles. The zero-order chi connectivity index (χ0) is 13.9. The highest BCUT2D eigenvalue weighted by Crippen LogP contribution is 2.28. The van der Waals surface area contributed by atoms with Gasteiger partial charge >= 0.3 is 6.09 Å². The maximum Gasteiger partial charge on any atom is 0.410 e. The number of carbonyl (C=O) groups is 1. The molecule has 0 unspecified atom stereocenters. The molecule has 1 N–H and O–H groups in total. The summed E-state index contributed by atoms with van der Waals surface area (Å²) in [5, 5.41) is 3.46. The molecule has 2 aliphatic rings. The number of rotatable bonds is 1. The number of hydrogen-bond donors (Lipinski definition) is 1. The van der Waals surface area contributed by atoms with Crippen molar-refractivity contribution in [2.45, 2.75) is 64.5 Å². The van der Waals surface area contributed by atoms with Crippen LogP contribution in [-0.2, 0) is 4.74 Å². The van der Waals surface area contributed by atoms with Gasteiger partial charge in [-0.1, -0.05) is 0 Å². The highest BCUT2D eigenvalue weighted by Gasteiger charge is 2.35. The first-order chi connectivity index (χ1) is 8.97. The molecule has 0 bridgehead atoms. The van der Waals surface area contributed by atoms with E-state index in [1.165, 1.54) is 19.3 Å². The number of nitrogens with one attached hydrogen (secondary N) is 1. The minimum absolute atomic E-state index is 0.122. The van der Waals surface area contributed by atoms with Gasteiger partial charge in [-0.05, 0) is 71.9 Å². The Labute approximate surface area is 116 Å². The number of hydrogen-bond acceptors (Lipinski definition) is 3. The van der Waals surface area contributed by atoms with Crippen LogP contribution in [0, 0.1) is 5.92 Å². The van der Waals surface area contributed by atoms with E-state index in [1.54, 1.807) is 0 Å². The maximum atomic E-state index is 12.4. The standard InChI is InChI=1S/C15H28N2O2/c1-15(2,3)19-14(18)17-10-5-4-8-13(17)12-7-6-9-16-11-12/h12-13,16H,4-11H2,1-3H3/t12-,13-/m0/s1. The zero-order valence-corrected chi connectivity index (χ0v) is 12.6. The summed E-state index contributed by atoms with van der Waals surface area (Å²) < 4.78 is 5.56. The first-order valence-electron chi connectivity index (χ1n) is 7.68. The van der Waals surface area contributed by atoms with Crippen LogP contribution in [0.3, 0.4) is 0 Å². The molecule has 1 amide bonds. The highest BCUT2D eigenvalue weighted by molar-refractivity contribution is 5.68. The predicted octanol–water partition coefficient (Wildman–Crippen LogP) is 2.78. The number of nitrogens with zero attached hydrogens (tertiary/aromatic N) is 1. The van der Waals surface area contributed by atoms with E-state index in [2.05, 4.69) is 5.32 Å². The van der Waals surface area contributed by atoms with Crippen molar-refractivity contribution in [3.05, 3.63) is 0 Å². The minimum Gasteiger partial charge on any atom is -0.444 e. The highest BCUT2D eigenvalue weighted by atomic mass is 16.6. The van der Waals surface area contributed by atoms with Gasteiger partial charge in [0.1, 0.15) is 5.60 Å². The Hall–Kier alpha value is -0.770. The summed E-state index contributed by atoms with van der Waals surface area (Å²) in [4.78, 5) is 14.3. The van der Waals surface area contributed by atoms with Crippen LogP contribution in [0.1, 0.15) is 52.9 Å². The van der Waals surface area contributed by atoms with E-state index in [1.807, 2.05) is 25.7 Å². The fourth-order valence-corrected chi connectivity index (χ4v) is 3.20. The van der Waals surface area contributed by atoms with Crippen LogP contribution in [0.5, 0.6) is 0 Å². The van der Waals surface area contributed by atoms with Gasteiger partial charge < -0.3 is 15.0 Å². The van der Waals surface area contributed by atoms with E-state index in [9.17, 15) is 4.79 Å². The largest absolute Gasteiger partial charge is 0.444 e. The Morgan fingerprint density at radius 1 is 1.21 bits per heavy atom. The summed E-state index contributed by atoms with van der Waals surface area (Å²) in [6.07, 6.45) is 5.81. The van der Waals surface area contributed by atoms with Gasteiger partial charge in [-0.2, -0.15) is 0 Å². The molecule has 2 saturated heterocycles. The van der Waals surface area contributed by atoms with Gasteiger partial charge in [0, 0.05) is 12.6 Å². The van der Waals surface area contributed by atoms with Crippen LogP contribution in [0.2, 0.25) is 0 Å². The molecule has 4 heteroatoms. The van der Waals surface area contributed by atoms with E-state index >= 15 is 0 Å². The summed E-state index contributed by atoms with van der Waals surface area (Å²) in [7, 11) is 0. The van der Waals surface area contributed by atoms with Crippen LogP contribution in [0.4, 0.5) is 4.79 Å². The van der Waals surface area contributed by atoms with Gasteiger partial charge in [-0.25, -0.2) is 4.79 Å². The number of ether oxygens (including phenoxy) is 1. The van der Waals surface area contributed by atoms with Gasteiger partial charge in [-0.15, -0.1) is 0 Å². The lowest BCUT2D eigenvalue weighted by molar-refractivity contribution is -0.000418. The third-order valence-corrected chi connectivity index (χ3v) is 4.06. The molecule has 19 heavy (non-hydrogen) atoms. The van der Waals surface area contributed by atoms with Crippen LogP contribution in [-0.4, -0.2) is 42.3 Å². The molecule has 0 aromatic rings. The molecule has 4 nitrogen and oxygen atoms in total. The molecular weight excluding hydrogens is 240 g/mol. The lowest BCUT2D eigenvalue weighted by atomic mass is 9.85. The molecule has 0 radical (unpaired) electrons. The summed E-state index contributed by atoms with van der Waals surface area (Å²) in [6, 6.07) is 0.372. The molecular formula is C15H28N2O2. The number of amides is 1. The van der Waals surface area contributed by atoms with Crippen molar-refractivity contribution in [2.75, 3.05) is 19.6 Å². The predicted molar refractivity (Wildman–Crippen MR) is 76.2 cm³/mol. The third kappa shape index (κ3) is 4.10. The van der Waals surface area contributed by atoms with E-state index in [4.69, 9.17) is 4.74 Å². The zero-order valence-electron chi connectivity index (χ0n) is 12.6. The van der Waals surface area contributed by atoms with Gasteiger partial charge in [0.05, 0.1) is 0 Å². The molecule has 0 aliphatic carbocycles.